The number of carbonyl (C=O) groups is 2. The first kappa shape index (κ1) is 18.3. The number of fused-ring (bicyclic) bond motifs is 2. The van der Waals surface area contributed by atoms with Gasteiger partial charge >= 0.3 is 0 Å². The zero-order chi connectivity index (χ0) is 20.7. The van der Waals surface area contributed by atoms with Crippen molar-refractivity contribution in [3.05, 3.63) is 77.3 Å². The number of para-hydroxylation sites is 2. The average Bonchev–Trinajstić information content (AvgIpc) is 3.21. The van der Waals surface area contributed by atoms with Gasteiger partial charge in [0.15, 0.2) is 0 Å². The molecule has 0 atom stereocenters. The lowest BCUT2D eigenvalue weighted by Gasteiger charge is -2.29. The minimum absolute atomic E-state index is 0.0864. The number of rotatable bonds is 3. The van der Waals surface area contributed by atoms with Crippen LogP contribution in [0.1, 0.15) is 0 Å². The highest BCUT2D eigenvalue weighted by Crippen LogP contribution is 2.31. The third kappa shape index (κ3) is 3.17. The summed E-state index contributed by atoms with van der Waals surface area (Å²) < 4.78 is 1.29. The van der Waals surface area contributed by atoms with E-state index in [2.05, 4.69) is 10.3 Å². The molecule has 0 spiro atoms. The zero-order valence-electron chi connectivity index (χ0n) is 15.7. The second-order valence-electron chi connectivity index (χ2n) is 6.92. The molecule has 2 aromatic carbocycles. The number of anilines is 2. The molecule has 0 bridgehead atoms. The van der Waals surface area contributed by atoms with Crippen molar-refractivity contribution in [2.24, 2.45) is 0 Å². The minimum Gasteiger partial charge on any atom is -0.323 e. The van der Waals surface area contributed by atoms with E-state index in [0.717, 1.165) is 10.4 Å². The highest BCUT2D eigenvalue weighted by molar-refractivity contribution is 7.21. The van der Waals surface area contributed by atoms with Gasteiger partial charge in [0, 0.05) is 4.88 Å². The zero-order valence-corrected chi connectivity index (χ0v) is 16.6. The van der Waals surface area contributed by atoms with Gasteiger partial charge in [-0.15, -0.1) is 11.3 Å². The number of nitrogens with one attached hydrogen (secondary N) is 1. The smallest absolute Gasteiger partial charge is 0.262 e. The number of hydrogen-bond donors (Lipinski definition) is 1. The Kier molecular flexibility index (Phi) is 4.40. The van der Waals surface area contributed by atoms with Gasteiger partial charge in [0.1, 0.15) is 17.9 Å². The Bertz CT molecular complexity index is 1340. The van der Waals surface area contributed by atoms with E-state index >= 15 is 0 Å². The fraction of sp³-hybridized carbons (Fsp3) is 0.0909. The summed E-state index contributed by atoms with van der Waals surface area (Å²) >= 11 is 1.44. The summed E-state index contributed by atoms with van der Waals surface area (Å²) in [5.41, 5.74) is 1.93. The van der Waals surface area contributed by atoms with Crippen LogP contribution in [0.25, 0.3) is 20.7 Å². The summed E-state index contributed by atoms with van der Waals surface area (Å²) in [5.74, 6) is -0.618. The van der Waals surface area contributed by atoms with E-state index in [-0.39, 0.29) is 30.5 Å². The van der Waals surface area contributed by atoms with E-state index in [0.29, 0.717) is 21.6 Å². The van der Waals surface area contributed by atoms with Crippen molar-refractivity contribution in [1.29, 1.82) is 0 Å². The summed E-state index contributed by atoms with van der Waals surface area (Å²) in [6.45, 7) is -0.281. The van der Waals surface area contributed by atoms with Gasteiger partial charge in [-0.1, -0.05) is 42.5 Å². The van der Waals surface area contributed by atoms with Crippen molar-refractivity contribution in [3.8, 4) is 10.4 Å². The number of aromatic nitrogens is 2. The molecule has 0 saturated carbocycles. The molecule has 0 unspecified atom stereocenters. The van der Waals surface area contributed by atoms with Crippen LogP contribution in [0.15, 0.2) is 71.8 Å². The SMILES string of the molecule is O=C1CN(C(=O)Cn2cnc3sc(-c4ccccc4)cc3c2=O)c2ccccc2N1. The molecule has 3 heterocycles. The van der Waals surface area contributed by atoms with Gasteiger partial charge < -0.3 is 5.32 Å². The van der Waals surface area contributed by atoms with Gasteiger partial charge in [0.2, 0.25) is 11.8 Å². The van der Waals surface area contributed by atoms with Crippen molar-refractivity contribution in [1.82, 2.24) is 9.55 Å². The predicted octanol–water partition coefficient (Wildman–Crippen LogP) is 3.11. The molecule has 1 aliphatic rings. The lowest BCUT2D eigenvalue weighted by Crippen LogP contribution is -2.44. The van der Waals surface area contributed by atoms with E-state index in [9.17, 15) is 14.4 Å². The number of nitrogens with zero attached hydrogens (tertiary/aromatic N) is 3. The lowest BCUT2D eigenvalue weighted by atomic mass is 10.2. The van der Waals surface area contributed by atoms with Crippen molar-refractivity contribution in [2.45, 2.75) is 6.54 Å². The Morgan fingerprint density at radius 3 is 2.67 bits per heavy atom. The normalized spacial score (nSPS) is 13.2. The molecule has 7 nitrogen and oxygen atoms in total. The molecule has 4 aromatic rings. The Hall–Kier alpha value is -3.78. The highest BCUT2D eigenvalue weighted by atomic mass is 32.1. The van der Waals surface area contributed by atoms with Gasteiger partial charge in [-0.3, -0.25) is 23.9 Å². The van der Waals surface area contributed by atoms with Gasteiger partial charge in [-0.05, 0) is 23.8 Å². The van der Waals surface area contributed by atoms with Crippen LogP contribution in [0.4, 0.5) is 11.4 Å². The van der Waals surface area contributed by atoms with E-state index in [1.807, 2.05) is 36.4 Å². The molecule has 2 aromatic heterocycles. The Morgan fingerprint density at radius 1 is 1.07 bits per heavy atom. The molecule has 0 aliphatic carbocycles. The summed E-state index contributed by atoms with van der Waals surface area (Å²) in [5, 5.41) is 3.23. The van der Waals surface area contributed by atoms with Crippen LogP contribution in [0.5, 0.6) is 0 Å². The number of benzene rings is 2. The molecule has 8 heteroatoms. The fourth-order valence-corrected chi connectivity index (χ4v) is 4.50. The Labute approximate surface area is 175 Å². The van der Waals surface area contributed by atoms with E-state index in [1.54, 1.807) is 24.3 Å². The second-order valence-corrected chi connectivity index (χ2v) is 7.95. The van der Waals surface area contributed by atoms with Gasteiger partial charge in [-0.2, -0.15) is 0 Å². The van der Waals surface area contributed by atoms with Crippen molar-refractivity contribution < 1.29 is 9.59 Å². The van der Waals surface area contributed by atoms with Crippen LogP contribution < -0.4 is 15.8 Å². The number of thiophene rings is 1. The molecule has 1 N–H and O–H groups in total. The maximum atomic E-state index is 13.0. The van der Waals surface area contributed by atoms with Crippen molar-refractivity contribution in [3.63, 3.8) is 0 Å². The van der Waals surface area contributed by atoms with Gasteiger partial charge in [-0.25, -0.2) is 4.98 Å². The Balaban J connectivity index is 1.47. The topological polar surface area (TPSA) is 84.3 Å². The van der Waals surface area contributed by atoms with Crippen LogP contribution in [0.2, 0.25) is 0 Å². The summed E-state index contributed by atoms with van der Waals surface area (Å²) in [6, 6.07) is 18.7. The molecule has 0 radical (unpaired) electrons. The molecule has 5 rings (SSSR count). The lowest BCUT2D eigenvalue weighted by molar-refractivity contribution is -0.122. The van der Waals surface area contributed by atoms with E-state index in [4.69, 9.17) is 0 Å². The van der Waals surface area contributed by atoms with Crippen LogP contribution in [-0.2, 0) is 16.1 Å². The average molecular weight is 416 g/mol. The molecule has 148 valence electrons. The summed E-state index contributed by atoms with van der Waals surface area (Å²) in [4.78, 5) is 45.3. The first-order valence-electron chi connectivity index (χ1n) is 9.34. The molecule has 1 aliphatic heterocycles. The maximum absolute atomic E-state index is 13.0. The predicted molar refractivity (Wildman–Crippen MR) is 117 cm³/mol. The molecule has 0 fully saturated rings. The largest absolute Gasteiger partial charge is 0.323 e. The molecule has 2 amide bonds. The van der Waals surface area contributed by atoms with Crippen LogP contribution >= 0.6 is 11.3 Å². The molecular formula is C22H16N4O3S. The third-order valence-corrected chi connectivity index (χ3v) is 6.05. The van der Waals surface area contributed by atoms with Gasteiger partial charge in [0.05, 0.1) is 23.1 Å². The number of carbonyl (C=O) groups excluding carboxylic acids is 2. The first-order valence-corrected chi connectivity index (χ1v) is 10.2. The standard InChI is InChI=1S/C22H16N4O3S/c27-19-11-26(17-9-5-4-8-16(17)24-19)20(28)12-25-13-23-21-15(22(25)29)10-18(30-21)14-6-2-1-3-7-14/h1-10,13H,11-12H2,(H,24,27). The molecular weight excluding hydrogens is 400 g/mol. The van der Waals surface area contributed by atoms with Crippen molar-refractivity contribution in [2.75, 3.05) is 16.8 Å². The third-order valence-electron chi connectivity index (χ3n) is 4.95. The number of hydrogen-bond acceptors (Lipinski definition) is 5. The summed E-state index contributed by atoms with van der Waals surface area (Å²) in [6.07, 6.45) is 1.39. The number of amides is 2. The van der Waals surface area contributed by atoms with Crippen LogP contribution in [0.3, 0.4) is 0 Å². The van der Waals surface area contributed by atoms with Crippen LogP contribution in [0, 0.1) is 0 Å². The summed E-state index contributed by atoms with van der Waals surface area (Å²) in [7, 11) is 0. The van der Waals surface area contributed by atoms with Crippen LogP contribution in [-0.4, -0.2) is 27.9 Å². The molecule has 30 heavy (non-hydrogen) atoms. The molecule has 0 saturated heterocycles. The van der Waals surface area contributed by atoms with E-state index in [1.165, 1.54) is 27.1 Å². The fourth-order valence-electron chi connectivity index (χ4n) is 3.50. The minimum atomic E-state index is -0.348. The quantitative estimate of drug-likeness (QED) is 0.556. The van der Waals surface area contributed by atoms with E-state index < -0.39 is 0 Å². The highest BCUT2D eigenvalue weighted by Gasteiger charge is 2.27. The van der Waals surface area contributed by atoms with Gasteiger partial charge in [0.25, 0.3) is 5.56 Å². The Morgan fingerprint density at radius 2 is 1.83 bits per heavy atom. The van der Waals surface area contributed by atoms with Crippen molar-refractivity contribution >= 4 is 44.7 Å². The second kappa shape index (κ2) is 7.23. The first-order chi connectivity index (χ1) is 14.6. The maximum Gasteiger partial charge on any atom is 0.262 e. The monoisotopic (exact) mass is 416 g/mol.